The number of thiazole rings is 1. The van der Waals surface area contributed by atoms with Crippen molar-refractivity contribution in [3.05, 3.63) is 10.6 Å². The number of hydrogen-bond acceptors (Lipinski definition) is 5. The summed E-state index contributed by atoms with van der Waals surface area (Å²) in [6.45, 7) is 2.59. The number of carboxylic acids is 1. The first kappa shape index (κ1) is 14.2. The van der Waals surface area contributed by atoms with E-state index >= 15 is 0 Å². The highest BCUT2D eigenvalue weighted by atomic mass is 32.1. The molecule has 0 aliphatic carbocycles. The van der Waals surface area contributed by atoms with E-state index in [4.69, 9.17) is 5.11 Å². The maximum absolute atomic E-state index is 11.2. The van der Waals surface area contributed by atoms with Crippen molar-refractivity contribution >= 4 is 28.5 Å². The van der Waals surface area contributed by atoms with Gasteiger partial charge < -0.3 is 20.6 Å². The summed E-state index contributed by atoms with van der Waals surface area (Å²) in [7, 11) is 3.32. The smallest absolute Gasteiger partial charge is 0.347 e. The van der Waals surface area contributed by atoms with Crippen molar-refractivity contribution < 1.29 is 14.7 Å². The van der Waals surface area contributed by atoms with E-state index in [2.05, 4.69) is 15.6 Å². The summed E-state index contributed by atoms with van der Waals surface area (Å²) >= 11 is 1.09. The molecule has 0 aliphatic heterocycles. The van der Waals surface area contributed by atoms with Crippen LogP contribution in [-0.4, -0.2) is 54.2 Å². The molecule has 8 heteroatoms. The Morgan fingerprint density at radius 1 is 1.39 bits per heavy atom. The third-order valence-corrected chi connectivity index (χ3v) is 3.18. The fourth-order valence-electron chi connectivity index (χ4n) is 1.17. The normalized spacial score (nSPS) is 9.94. The first-order valence-corrected chi connectivity index (χ1v) is 6.13. The summed E-state index contributed by atoms with van der Waals surface area (Å²) in [4.78, 5) is 27.8. The fraction of sp³-hybridized carbons (Fsp3) is 0.500. The predicted octanol–water partition coefficient (Wildman–Crippen LogP) is 0.833. The standard InChI is InChI=1S/C10H16N4O3S/c1-6-7(8(15)16)18-9(13-6)11-4-5-12-10(17)14(2)3/h4-5H2,1-3H3,(H,11,13)(H,12,17)(H,15,16). The Labute approximate surface area is 109 Å². The van der Waals surface area contributed by atoms with Crippen molar-refractivity contribution in [3.63, 3.8) is 0 Å². The van der Waals surface area contributed by atoms with E-state index in [0.717, 1.165) is 11.3 Å². The Bertz CT molecular complexity index is 444. The lowest BCUT2D eigenvalue weighted by atomic mass is 10.4. The zero-order valence-electron chi connectivity index (χ0n) is 10.5. The lowest BCUT2D eigenvalue weighted by molar-refractivity contribution is 0.0701. The number of anilines is 1. The molecule has 0 unspecified atom stereocenters. The van der Waals surface area contributed by atoms with Crippen LogP contribution < -0.4 is 10.6 Å². The average molecular weight is 272 g/mol. The maximum atomic E-state index is 11.2. The third kappa shape index (κ3) is 3.88. The molecule has 100 valence electrons. The van der Waals surface area contributed by atoms with Crippen molar-refractivity contribution in [1.82, 2.24) is 15.2 Å². The van der Waals surface area contributed by atoms with Gasteiger partial charge in [0.05, 0.1) is 5.69 Å². The van der Waals surface area contributed by atoms with Crippen molar-refractivity contribution in [2.75, 3.05) is 32.5 Å². The van der Waals surface area contributed by atoms with Gasteiger partial charge in [-0.1, -0.05) is 11.3 Å². The molecule has 0 aliphatic rings. The van der Waals surface area contributed by atoms with E-state index < -0.39 is 5.97 Å². The molecule has 7 nitrogen and oxygen atoms in total. The van der Waals surface area contributed by atoms with Crippen LogP contribution in [0.25, 0.3) is 0 Å². The molecule has 0 atom stereocenters. The summed E-state index contributed by atoms with van der Waals surface area (Å²) in [6.07, 6.45) is 0. The SMILES string of the molecule is Cc1nc(NCCNC(=O)N(C)C)sc1C(=O)O. The highest BCUT2D eigenvalue weighted by Gasteiger charge is 2.13. The minimum atomic E-state index is -0.973. The van der Waals surface area contributed by atoms with Gasteiger partial charge in [0.25, 0.3) is 0 Å². The summed E-state index contributed by atoms with van der Waals surface area (Å²) < 4.78 is 0. The number of nitrogens with one attached hydrogen (secondary N) is 2. The Morgan fingerprint density at radius 3 is 2.56 bits per heavy atom. The second-order valence-electron chi connectivity index (χ2n) is 3.79. The summed E-state index contributed by atoms with van der Waals surface area (Å²) in [5.74, 6) is -0.973. The van der Waals surface area contributed by atoms with Crippen LogP contribution in [0.4, 0.5) is 9.93 Å². The highest BCUT2D eigenvalue weighted by Crippen LogP contribution is 2.21. The molecule has 2 amide bonds. The number of hydrogen-bond donors (Lipinski definition) is 3. The van der Waals surface area contributed by atoms with E-state index in [0.29, 0.717) is 23.9 Å². The van der Waals surface area contributed by atoms with Gasteiger partial charge in [0, 0.05) is 27.2 Å². The molecule has 0 radical (unpaired) electrons. The number of carboxylic acid groups (broad SMARTS) is 1. The van der Waals surface area contributed by atoms with E-state index in [9.17, 15) is 9.59 Å². The molecule has 0 saturated carbocycles. The van der Waals surface area contributed by atoms with Crippen LogP contribution in [0.3, 0.4) is 0 Å². The highest BCUT2D eigenvalue weighted by molar-refractivity contribution is 7.17. The van der Waals surface area contributed by atoms with Crippen LogP contribution in [0.15, 0.2) is 0 Å². The second kappa shape index (κ2) is 6.20. The fourth-order valence-corrected chi connectivity index (χ4v) is 2.00. The van der Waals surface area contributed by atoms with Crippen molar-refractivity contribution in [2.45, 2.75) is 6.92 Å². The summed E-state index contributed by atoms with van der Waals surface area (Å²) in [6, 6.07) is -0.168. The van der Waals surface area contributed by atoms with E-state index in [-0.39, 0.29) is 10.9 Å². The van der Waals surface area contributed by atoms with Crippen LogP contribution in [0.2, 0.25) is 0 Å². The van der Waals surface area contributed by atoms with E-state index in [1.54, 1.807) is 21.0 Å². The lowest BCUT2D eigenvalue weighted by Crippen LogP contribution is -2.37. The average Bonchev–Trinajstić information content (AvgIpc) is 2.65. The monoisotopic (exact) mass is 272 g/mol. The third-order valence-electron chi connectivity index (χ3n) is 2.07. The zero-order valence-corrected chi connectivity index (χ0v) is 11.3. The second-order valence-corrected chi connectivity index (χ2v) is 4.79. The molecule has 1 aromatic heterocycles. The largest absolute Gasteiger partial charge is 0.477 e. The number of aromatic carboxylic acids is 1. The molecule has 1 aromatic rings. The van der Waals surface area contributed by atoms with Gasteiger partial charge in [-0.3, -0.25) is 0 Å². The van der Waals surface area contributed by atoms with Crippen LogP contribution in [0.1, 0.15) is 15.4 Å². The Hall–Kier alpha value is -1.83. The molecule has 0 spiro atoms. The van der Waals surface area contributed by atoms with Crippen LogP contribution in [-0.2, 0) is 0 Å². The van der Waals surface area contributed by atoms with Crippen molar-refractivity contribution in [3.8, 4) is 0 Å². The molecule has 1 rings (SSSR count). The summed E-state index contributed by atoms with van der Waals surface area (Å²) in [5, 5.41) is 15.1. The summed E-state index contributed by atoms with van der Waals surface area (Å²) in [5.41, 5.74) is 0.493. The zero-order chi connectivity index (χ0) is 13.7. The van der Waals surface area contributed by atoms with E-state index in [1.165, 1.54) is 4.90 Å². The minimum absolute atomic E-state index is 0.168. The number of nitrogens with zero attached hydrogens (tertiary/aromatic N) is 2. The number of rotatable bonds is 5. The molecular formula is C10H16N4O3S. The molecule has 0 saturated heterocycles. The Kier molecular flexibility index (Phi) is 4.90. The number of carbonyl (C=O) groups is 2. The number of aryl methyl sites for hydroxylation is 1. The number of urea groups is 1. The topological polar surface area (TPSA) is 94.6 Å². The number of amides is 2. The first-order chi connectivity index (χ1) is 8.41. The predicted molar refractivity (Wildman–Crippen MR) is 69.4 cm³/mol. The van der Waals surface area contributed by atoms with Crippen LogP contribution >= 0.6 is 11.3 Å². The quantitative estimate of drug-likeness (QED) is 0.690. The first-order valence-electron chi connectivity index (χ1n) is 5.31. The van der Waals surface area contributed by atoms with Gasteiger partial charge in [-0.2, -0.15) is 0 Å². The minimum Gasteiger partial charge on any atom is -0.477 e. The molecule has 3 N–H and O–H groups in total. The molecule has 1 heterocycles. The number of carbonyl (C=O) groups excluding carboxylic acids is 1. The van der Waals surface area contributed by atoms with Gasteiger partial charge in [0.2, 0.25) is 0 Å². The molecule has 18 heavy (non-hydrogen) atoms. The van der Waals surface area contributed by atoms with Crippen LogP contribution in [0, 0.1) is 6.92 Å². The maximum Gasteiger partial charge on any atom is 0.347 e. The van der Waals surface area contributed by atoms with Gasteiger partial charge in [-0.15, -0.1) is 0 Å². The van der Waals surface area contributed by atoms with Gasteiger partial charge in [-0.25, -0.2) is 14.6 Å². The molecular weight excluding hydrogens is 256 g/mol. The van der Waals surface area contributed by atoms with E-state index in [1.807, 2.05) is 0 Å². The lowest BCUT2D eigenvalue weighted by Gasteiger charge is -2.11. The molecule has 0 fully saturated rings. The molecule has 0 aromatic carbocycles. The Morgan fingerprint density at radius 2 is 2.06 bits per heavy atom. The van der Waals surface area contributed by atoms with Crippen molar-refractivity contribution in [1.29, 1.82) is 0 Å². The van der Waals surface area contributed by atoms with Gasteiger partial charge in [-0.05, 0) is 6.92 Å². The Balaban J connectivity index is 2.38. The molecule has 0 bridgehead atoms. The van der Waals surface area contributed by atoms with Gasteiger partial charge in [0.15, 0.2) is 5.13 Å². The van der Waals surface area contributed by atoms with Gasteiger partial charge in [0.1, 0.15) is 4.88 Å². The van der Waals surface area contributed by atoms with Crippen LogP contribution in [0.5, 0.6) is 0 Å². The van der Waals surface area contributed by atoms with Gasteiger partial charge >= 0.3 is 12.0 Å². The van der Waals surface area contributed by atoms with Crippen molar-refractivity contribution in [2.24, 2.45) is 0 Å². The number of aromatic nitrogens is 1.